The zero-order chi connectivity index (χ0) is 20.6. The van der Waals surface area contributed by atoms with Gasteiger partial charge in [0.05, 0.1) is 29.7 Å². The molecule has 0 spiro atoms. The van der Waals surface area contributed by atoms with Gasteiger partial charge in [0.15, 0.2) is 5.76 Å². The van der Waals surface area contributed by atoms with Crippen molar-refractivity contribution in [3.8, 4) is 11.5 Å². The zero-order valence-electron chi connectivity index (χ0n) is 17.4. The minimum Gasteiger partial charge on any atom is -0.463 e. The van der Waals surface area contributed by atoms with Crippen LogP contribution in [0.3, 0.4) is 0 Å². The van der Waals surface area contributed by atoms with Crippen molar-refractivity contribution in [1.82, 2.24) is 19.9 Å². The van der Waals surface area contributed by atoms with Crippen LogP contribution in [-0.2, 0) is 17.6 Å². The van der Waals surface area contributed by atoms with Crippen molar-refractivity contribution in [2.24, 2.45) is 0 Å². The number of thiophene rings is 1. The van der Waals surface area contributed by atoms with Crippen LogP contribution in [0.5, 0.6) is 0 Å². The van der Waals surface area contributed by atoms with Crippen molar-refractivity contribution in [1.29, 1.82) is 0 Å². The highest BCUT2D eigenvalue weighted by atomic mass is 32.1. The Morgan fingerprint density at radius 3 is 2.81 bits per heavy atom. The Morgan fingerprint density at radius 2 is 1.97 bits per heavy atom. The van der Waals surface area contributed by atoms with Crippen molar-refractivity contribution in [3.05, 3.63) is 35.9 Å². The van der Waals surface area contributed by atoms with Crippen molar-refractivity contribution in [2.45, 2.75) is 25.7 Å². The van der Waals surface area contributed by atoms with Gasteiger partial charge in [0, 0.05) is 31.6 Å². The Kier molecular flexibility index (Phi) is 5.06. The summed E-state index contributed by atoms with van der Waals surface area (Å²) >= 11 is 1.68. The third-order valence-electron chi connectivity index (χ3n) is 6.30. The van der Waals surface area contributed by atoms with Crippen LogP contribution < -0.4 is 5.32 Å². The van der Waals surface area contributed by atoms with Crippen LogP contribution in [0.15, 0.2) is 29.1 Å². The van der Waals surface area contributed by atoms with Crippen molar-refractivity contribution in [2.75, 3.05) is 44.7 Å². The molecular weight excluding hydrogens is 410 g/mol. The summed E-state index contributed by atoms with van der Waals surface area (Å²) in [5.41, 5.74) is 4.75. The van der Waals surface area contributed by atoms with Crippen LogP contribution in [0.4, 0.5) is 5.82 Å². The number of furan rings is 1. The molecule has 0 aromatic carbocycles. The molecule has 0 bridgehead atoms. The predicted octanol–water partition coefficient (Wildman–Crippen LogP) is 4.12. The highest BCUT2D eigenvalue weighted by Crippen LogP contribution is 2.42. The van der Waals surface area contributed by atoms with E-state index < -0.39 is 0 Å². The lowest BCUT2D eigenvalue weighted by Crippen LogP contribution is -2.39. The molecule has 0 amide bonds. The third-order valence-corrected chi connectivity index (χ3v) is 7.38. The average molecular weight is 436 g/mol. The lowest BCUT2D eigenvalue weighted by atomic mass is 9.88. The molecule has 1 fully saturated rings. The number of hydrogen-bond acceptors (Lipinski definition) is 8. The normalized spacial score (nSPS) is 17.3. The fourth-order valence-corrected chi connectivity index (χ4v) is 5.89. The summed E-state index contributed by atoms with van der Waals surface area (Å²) in [5.74, 6) is 1.76. The second kappa shape index (κ2) is 8.18. The van der Waals surface area contributed by atoms with Gasteiger partial charge in [0.25, 0.3) is 0 Å². The Morgan fingerprint density at radius 1 is 1.10 bits per heavy atom. The molecule has 1 aliphatic carbocycles. The van der Waals surface area contributed by atoms with E-state index in [4.69, 9.17) is 19.1 Å². The number of nitrogens with zero attached hydrogens (tertiary/aromatic N) is 4. The molecule has 7 nitrogen and oxygen atoms in total. The SMILES string of the molecule is c1coc(-c2nc3sc4c(NCCN5CCOCC5)ncnc4c3c3c2CCCC3)c1. The molecule has 0 saturated carbocycles. The molecule has 8 heteroatoms. The van der Waals surface area contributed by atoms with E-state index in [0.29, 0.717) is 0 Å². The highest BCUT2D eigenvalue weighted by molar-refractivity contribution is 7.26. The number of rotatable bonds is 5. The van der Waals surface area contributed by atoms with Crippen LogP contribution in [0, 0.1) is 0 Å². The molecule has 0 atom stereocenters. The number of nitrogens with one attached hydrogen (secondary N) is 1. The minimum absolute atomic E-state index is 0.822. The van der Waals surface area contributed by atoms with Crippen LogP contribution >= 0.6 is 11.3 Å². The number of fused-ring (bicyclic) bond motifs is 5. The molecule has 31 heavy (non-hydrogen) atoms. The van der Waals surface area contributed by atoms with Gasteiger partial charge in [-0.25, -0.2) is 15.0 Å². The van der Waals surface area contributed by atoms with Gasteiger partial charge in [-0.2, -0.15) is 0 Å². The van der Waals surface area contributed by atoms with E-state index in [9.17, 15) is 0 Å². The topological polar surface area (TPSA) is 76.3 Å². The predicted molar refractivity (Wildman–Crippen MR) is 123 cm³/mol. The standard InChI is InChI=1S/C23H25N5O2S/c1-2-5-16-15(4-1)18-20-21(31-23(18)27-19(16)17-6-3-11-30-17)22(26-14-25-20)24-7-8-28-9-12-29-13-10-28/h3,6,11,14H,1-2,4-5,7-10,12-13H2,(H,24,25,26). The number of aromatic nitrogens is 3. The number of aryl methyl sites for hydroxylation is 1. The Labute approximate surface area is 184 Å². The van der Waals surface area contributed by atoms with Gasteiger partial charge < -0.3 is 14.5 Å². The summed E-state index contributed by atoms with van der Waals surface area (Å²) in [7, 11) is 0. The zero-order valence-corrected chi connectivity index (χ0v) is 18.2. The second-order valence-electron chi connectivity index (χ2n) is 8.16. The third kappa shape index (κ3) is 3.48. The fourth-order valence-electron chi connectivity index (χ4n) is 4.76. The lowest BCUT2D eigenvalue weighted by molar-refractivity contribution is 0.0398. The highest BCUT2D eigenvalue weighted by Gasteiger charge is 2.24. The number of pyridine rings is 1. The maximum atomic E-state index is 5.73. The molecule has 0 unspecified atom stereocenters. The summed E-state index contributed by atoms with van der Waals surface area (Å²) in [6.45, 7) is 5.47. The Balaban J connectivity index is 1.40. The van der Waals surface area contributed by atoms with Crippen molar-refractivity contribution >= 4 is 37.6 Å². The quantitative estimate of drug-likeness (QED) is 0.505. The van der Waals surface area contributed by atoms with Gasteiger partial charge in [-0.1, -0.05) is 0 Å². The van der Waals surface area contributed by atoms with E-state index in [2.05, 4.69) is 15.2 Å². The molecule has 2 aliphatic rings. The number of hydrogen-bond donors (Lipinski definition) is 1. The first-order valence-corrected chi connectivity index (χ1v) is 11.9. The maximum absolute atomic E-state index is 5.73. The summed E-state index contributed by atoms with van der Waals surface area (Å²) in [6, 6.07) is 3.94. The molecule has 0 radical (unpaired) electrons. The number of morpholine rings is 1. The van der Waals surface area contributed by atoms with Gasteiger partial charge in [-0.05, 0) is 48.9 Å². The number of anilines is 1. The monoisotopic (exact) mass is 435 g/mol. The molecular formula is C23H25N5O2S. The maximum Gasteiger partial charge on any atom is 0.152 e. The lowest BCUT2D eigenvalue weighted by Gasteiger charge is -2.26. The molecule has 4 aromatic heterocycles. The summed E-state index contributed by atoms with van der Waals surface area (Å²) in [6.07, 6.45) is 7.92. The Bertz CT molecular complexity index is 1210. The molecule has 160 valence electrons. The van der Waals surface area contributed by atoms with E-state index in [0.717, 1.165) is 84.6 Å². The molecule has 6 rings (SSSR count). The first-order chi connectivity index (χ1) is 15.4. The molecule has 4 aromatic rings. The van der Waals surface area contributed by atoms with Crippen LogP contribution in [0.1, 0.15) is 24.0 Å². The van der Waals surface area contributed by atoms with E-state index in [1.165, 1.54) is 29.4 Å². The largest absolute Gasteiger partial charge is 0.463 e. The van der Waals surface area contributed by atoms with Gasteiger partial charge in [0.2, 0.25) is 0 Å². The van der Waals surface area contributed by atoms with Crippen LogP contribution in [-0.4, -0.2) is 59.2 Å². The van der Waals surface area contributed by atoms with E-state index in [1.807, 2.05) is 12.1 Å². The smallest absolute Gasteiger partial charge is 0.152 e. The first kappa shape index (κ1) is 19.2. The molecule has 1 N–H and O–H groups in total. The van der Waals surface area contributed by atoms with E-state index in [-0.39, 0.29) is 0 Å². The average Bonchev–Trinajstić information content (AvgIpc) is 3.48. The fraction of sp³-hybridized carbons (Fsp3) is 0.435. The van der Waals surface area contributed by atoms with Gasteiger partial charge >= 0.3 is 0 Å². The first-order valence-electron chi connectivity index (χ1n) is 11.1. The van der Waals surface area contributed by atoms with Crippen molar-refractivity contribution < 1.29 is 9.15 Å². The number of ether oxygens (including phenoxy) is 1. The molecule has 1 saturated heterocycles. The Hall–Kier alpha value is -2.55. The van der Waals surface area contributed by atoms with Gasteiger partial charge in [-0.3, -0.25) is 4.90 Å². The molecule has 5 heterocycles. The summed E-state index contributed by atoms with van der Waals surface area (Å²) < 4.78 is 12.3. The van der Waals surface area contributed by atoms with E-state index >= 15 is 0 Å². The summed E-state index contributed by atoms with van der Waals surface area (Å²) in [5, 5.41) is 4.76. The van der Waals surface area contributed by atoms with Gasteiger partial charge in [0.1, 0.15) is 22.7 Å². The second-order valence-corrected chi connectivity index (χ2v) is 9.16. The van der Waals surface area contributed by atoms with Crippen molar-refractivity contribution in [3.63, 3.8) is 0 Å². The van der Waals surface area contributed by atoms with Crippen LogP contribution in [0.2, 0.25) is 0 Å². The van der Waals surface area contributed by atoms with Gasteiger partial charge in [-0.15, -0.1) is 11.3 Å². The summed E-state index contributed by atoms with van der Waals surface area (Å²) in [4.78, 5) is 17.8. The van der Waals surface area contributed by atoms with Crippen LogP contribution in [0.25, 0.3) is 31.9 Å². The minimum atomic E-state index is 0.822. The molecule has 1 aliphatic heterocycles. The van der Waals surface area contributed by atoms with E-state index in [1.54, 1.807) is 23.9 Å².